The quantitative estimate of drug-likeness (QED) is 0.794. The maximum atomic E-state index is 12.0. The van der Waals surface area contributed by atoms with Crippen LogP contribution in [-0.2, 0) is 14.6 Å². The van der Waals surface area contributed by atoms with E-state index in [9.17, 15) is 18.0 Å². The van der Waals surface area contributed by atoms with Crippen molar-refractivity contribution in [2.24, 2.45) is 4.99 Å². The number of rotatable bonds is 3. The average Bonchev–Trinajstić information content (AvgIpc) is 2.82. The average molecular weight is 350 g/mol. The highest BCUT2D eigenvalue weighted by Crippen LogP contribution is 2.11. The smallest absolute Gasteiger partial charge is 0.437 e. The molecule has 0 saturated carbocycles. The van der Waals surface area contributed by atoms with Gasteiger partial charge in [0.1, 0.15) is 0 Å². The first-order valence-electron chi connectivity index (χ1n) is 6.38. The molecule has 1 heterocycles. The SMILES string of the molecule is CCS(=O)(=O)c1nn(C(=O)OC(C)C)c(=NC(=O)N(C)C)s1. The van der Waals surface area contributed by atoms with E-state index < -0.39 is 28.1 Å². The van der Waals surface area contributed by atoms with Gasteiger partial charge in [-0.05, 0) is 13.8 Å². The Kier molecular flexibility index (Phi) is 5.83. The maximum Gasteiger partial charge on any atom is 0.437 e. The second kappa shape index (κ2) is 7.01. The second-order valence-electron chi connectivity index (χ2n) is 4.69. The molecule has 1 aromatic rings. The van der Waals surface area contributed by atoms with Gasteiger partial charge in [-0.2, -0.15) is 4.99 Å². The van der Waals surface area contributed by atoms with E-state index in [0.717, 1.165) is 0 Å². The fraction of sp³-hybridized carbons (Fsp3) is 0.636. The van der Waals surface area contributed by atoms with Gasteiger partial charge in [0.15, 0.2) is 0 Å². The highest BCUT2D eigenvalue weighted by molar-refractivity contribution is 7.93. The summed E-state index contributed by atoms with van der Waals surface area (Å²) >= 11 is 0.641. The fourth-order valence-electron chi connectivity index (χ4n) is 1.14. The molecule has 0 bridgehead atoms. The normalized spacial score (nSPS) is 12.5. The Morgan fingerprint density at radius 3 is 2.45 bits per heavy atom. The van der Waals surface area contributed by atoms with Crippen LogP contribution in [0.15, 0.2) is 9.33 Å². The number of hydrogen-bond acceptors (Lipinski definition) is 7. The van der Waals surface area contributed by atoms with Gasteiger partial charge in [0.05, 0.1) is 11.9 Å². The lowest BCUT2D eigenvalue weighted by Crippen LogP contribution is -2.30. The van der Waals surface area contributed by atoms with Crippen LogP contribution in [0.3, 0.4) is 0 Å². The van der Waals surface area contributed by atoms with Crippen LogP contribution in [0.4, 0.5) is 9.59 Å². The molecule has 22 heavy (non-hydrogen) atoms. The summed E-state index contributed by atoms with van der Waals surface area (Å²) < 4.78 is 29.1. The lowest BCUT2D eigenvalue weighted by Gasteiger charge is -2.07. The third-order valence-electron chi connectivity index (χ3n) is 2.27. The van der Waals surface area contributed by atoms with Gasteiger partial charge in [-0.25, -0.2) is 18.0 Å². The first kappa shape index (κ1) is 18.3. The van der Waals surface area contributed by atoms with Gasteiger partial charge < -0.3 is 9.64 Å². The van der Waals surface area contributed by atoms with E-state index in [1.165, 1.54) is 25.9 Å². The molecular weight excluding hydrogens is 332 g/mol. The zero-order valence-electron chi connectivity index (χ0n) is 12.9. The Morgan fingerprint density at radius 2 is 2.00 bits per heavy atom. The molecule has 11 heteroatoms. The fourth-order valence-corrected chi connectivity index (χ4v) is 3.28. The second-order valence-corrected chi connectivity index (χ2v) is 8.10. The molecule has 2 amide bonds. The number of ether oxygens (including phenoxy) is 1. The van der Waals surface area contributed by atoms with Crippen LogP contribution in [0.1, 0.15) is 20.8 Å². The zero-order valence-corrected chi connectivity index (χ0v) is 14.6. The minimum absolute atomic E-state index is 0.156. The Morgan fingerprint density at radius 1 is 1.41 bits per heavy atom. The van der Waals surface area contributed by atoms with Crippen molar-refractivity contribution in [3.63, 3.8) is 0 Å². The Balaban J connectivity index is 3.46. The number of urea groups is 1. The van der Waals surface area contributed by atoms with Gasteiger partial charge in [0.2, 0.25) is 19.0 Å². The first-order chi connectivity index (χ1) is 10.1. The molecule has 0 aromatic carbocycles. The molecule has 0 fully saturated rings. The summed E-state index contributed by atoms with van der Waals surface area (Å²) in [7, 11) is -0.665. The van der Waals surface area contributed by atoms with Crippen molar-refractivity contribution in [3.8, 4) is 0 Å². The summed E-state index contributed by atoms with van der Waals surface area (Å²) in [6.45, 7) is 4.72. The van der Waals surface area contributed by atoms with E-state index in [-0.39, 0.29) is 14.9 Å². The van der Waals surface area contributed by atoms with E-state index in [1.54, 1.807) is 13.8 Å². The van der Waals surface area contributed by atoms with Crippen molar-refractivity contribution in [1.82, 2.24) is 14.7 Å². The van der Waals surface area contributed by atoms with Gasteiger partial charge >= 0.3 is 12.1 Å². The predicted molar refractivity (Wildman–Crippen MR) is 79.5 cm³/mol. The molecule has 0 aliphatic rings. The molecule has 0 unspecified atom stereocenters. The predicted octanol–water partition coefficient (Wildman–Crippen LogP) is 0.714. The maximum absolute atomic E-state index is 12.0. The molecule has 0 atom stereocenters. The first-order valence-corrected chi connectivity index (χ1v) is 8.85. The van der Waals surface area contributed by atoms with Crippen molar-refractivity contribution >= 4 is 33.3 Å². The molecule has 124 valence electrons. The van der Waals surface area contributed by atoms with E-state index in [0.29, 0.717) is 16.0 Å². The van der Waals surface area contributed by atoms with Crippen LogP contribution in [-0.4, -0.2) is 61.2 Å². The van der Waals surface area contributed by atoms with Gasteiger partial charge in [0.25, 0.3) is 0 Å². The number of hydrogen-bond donors (Lipinski definition) is 0. The summed E-state index contributed by atoms with van der Waals surface area (Å²) in [5.74, 6) is -0.180. The number of carbonyl (C=O) groups excluding carboxylic acids is 2. The van der Waals surface area contributed by atoms with Crippen molar-refractivity contribution in [2.45, 2.75) is 31.2 Å². The number of nitrogens with zero attached hydrogens (tertiary/aromatic N) is 4. The molecule has 1 rings (SSSR count). The minimum atomic E-state index is -3.62. The molecule has 0 spiro atoms. The molecule has 1 aromatic heterocycles. The van der Waals surface area contributed by atoms with Crippen molar-refractivity contribution in [2.75, 3.05) is 19.8 Å². The lowest BCUT2D eigenvalue weighted by molar-refractivity contribution is 0.113. The van der Waals surface area contributed by atoms with Crippen LogP contribution in [0, 0.1) is 0 Å². The standard InChI is InChI=1S/C11H18N4O5S2/c1-6-22(18,19)10-13-15(11(17)20-7(2)3)9(21-10)12-8(16)14(4)5/h7H,6H2,1-5H3. The Bertz CT molecular complexity index is 730. The van der Waals surface area contributed by atoms with E-state index in [1.807, 2.05) is 0 Å². The van der Waals surface area contributed by atoms with Crippen LogP contribution in [0.2, 0.25) is 0 Å². The number of carbonyl (C=O) groups is 2. The summed E-state index contributed by atoms with van der Waals surface area (Å²) in [5.41, 5.74) is 0. The van der Waals surface area contributed by atoms with Crippen molar-refractivity contribution in [3.05, 3.63) is 4.80 Å². The molecular formula is C11H18N4O5S2. The third-order valence-corrected chi connectivity index (χ3v) is 5.36. The Labute approximate surface area is 132 Å². The van der Waals surface area contributed by atoms with Crippen molar-refractivity contribution < 1.29 is 22.7 Å². The molecule has 0 radical (unpaired) electrons. The van der Waals surface area contributed by atoms with E-state index >= 15 is 0 Å². The molecule has 9 nitrogen and oxygen atoms in total. The van der Waals surface area contributed by atoms with E-state index in [4.69, 9.17) is 4.74 Å². The topological polar surface area (TPSA) is 111 Å². The monoisotopic (exact) mass is 350 g/mol. The zero-order chi connectivity index (χ0) is 17.1. The summed E-state index contributed by atoms with van der Waals surface area (Å²) in [6, 6.07) is -0.643. The minimum Gasteiger partial charge on any atom is -0.445 e. The third kappa shape index (κ3) is 4.37. The number of amides is 2. The van der Waals surface area contributed by atoms with Crippen LogP contribution in [0.5, 0.6) is 0 Å². The number of sulfone groups is 1. The molecule has 0 aliphatic carbocycles. The summed E-state index contributed by atoms with van der Waals surface area (Å²) in [4.78, 5) is 28.3. The van der Waals surface area contributed by atoms with Gasteiger partial charge in [-0.1, -0.05) is 18.3 Å². The number of aromatic nitrogens is 2. The van der Waals surface area contributed by atoms with Gasteiger partial charge in [-0.15, -0.1) is 9.78 Å². The van der Waals surface area contributed by atoms with Crippen LogP contribution >= 0.6 is 11.3 Å². The van der Waals surface area contributed by atoms with Crippen molar-refractivity contribution in [1.29, 1.82) is 0 Å². The Hall–Kier alpha value is -1.75. The largest absolute Gasteiger partial charge is 0.445 e. The van der Waals surface area contributed by atoms with Crippen LogP contribution in [0.25, 0.3) is 0 Å². The van der Waals surface area contributed by atoms with Crippen LogP contribution < -0.4 is 4.80 Å². The molecule has 0 N–H and O–H groups in total. The molecule has 0 saturated heterocycles. The molecule has 0 aliphatic heterocycles. The highest BCUT2D eigenvalue weighted by atomic mass is 32.2. The lowest BCUT2D eigenvalue weighted by atomic mass is 10.5. The van der Waals surface area contributed by atoms with Gasteiger partial charge in [0, 0.05) is 14.1 Å². The van der Waals surface area contributed by atoms with Gasteiger partial charge in [-0.3, -0.25) is 0 Å². The summed E-state index contributed by atoms with van der Waals surface area (Å²) in [6.07, 6.45) is -1.32. The van der Waals surface area contributed by atoms with E-state index in [2.05, 4.69) is 10.1 Å². The summed E-state index contributed by atoms with van der Waals surface area (Å²) in [5, 5.41) is 3.73. The highest BCUT2D eigenvalue weighted by Gasteiger charge is 2.23.